The molecule has 3 rings (SSSR count). The molecule has 0 atom stereocenters. The van der Waals surface area contributed by atoms with Crippen LogP contribution in [0.25, 0.3) is 0 Å². The van der Waals surface area contributed by atoms with E-state index in [0.29, 0.717) is 12.1 Å². The molecule has 0 aliphatic carbocycles. The number of hydrogen-bond donors (Lipinski definition) is 2. The van der Waals surface area contributed by atoms with Crippen LogP contribution in [0.1, 0.15) is 27.3 Å². The second-order valence-corrected chi connectivity index (χ2v) is 7.46. The highest BCUT2D eigenvalue weighted by Gasteiger charge is 2.08. The lowest BCUT2D eigenvalue weighted by molar-refractivity contribution is 0.0827. The minimum absolute atomic E-state index is 0. The second kappa shape index (κ2) is 12.8. The third-order valence-electron chi connectivity index (χ3n) is 4.93. The van der Waals surface area contributed by atoms with E-state index in [0.717, 1.165) is 36.9 Å². The number of hydrogen-bond acceptors (Lipinski definition) is 3. The van der Waals surface area contributed by atoms with Crippen LogP contribution in [-0.4, -0.2) is 54.0 Å². The number of halogens is 1. The maximum atomic E-state index is 12.0. The van der Waals surface area contributed by atoms with E-state index in [2.05, 4.69) is 49.4 Å². The molecule has 7 nitrogen and oxygen atoms in total. The Labute approximate surface area is 207 Å². The number of benzene rings is 2. The minimum Gasteiger partial charge on any atom is -0.356 e. The third kappa shape index (κ3) is 7.37. The topological polar surface area (TPSA) is 74.5 Å². The van der Waals surface area contributed by atoms with Gasteiger partial charge in [0.15, 0.2) is 5.96 Å². The standard InChI is InChI=1S/C24H30N6O.HI/c1-25-24(28-17-19-9-11-21(12-10-19)23(31)29(2)3)27-14-13-22-26-15-16-30(22)18-20-7-5-4-6-8-20;/h4-12,15-16H,13-14,17-18H2,1-3H3,(H2,25,27,28);1H. The van der Waals surface area contributed by atoms with Gasteiger partial charge in [0.05, 0.1) is 0 Å². The van der Waals surface area contributed by atoms with Gasteiger partial charge >= 0.3 is 0 Å². The summed E-state index contributed by atoms with van der Waals surface area (Å²) in [4.78, 5) is 22.3. The van der Waals surface area contributed by atoms with Crippen molar-refractivity contribution in [2.75, 3.05) is 27.7 Å². The van der Waals surface area contributed by atoms with Gasteiger partial charge in [-0.1, -0.05) is 42.5 Å². The molecule has 0 aliphatic rings. The number of carbonyl (C=O) groups excluding carboxylic acids is 1. The summed E-state index contributed by atoms with van der Waals surface area (Å²) < 4.78 is 2.17. The highest BCUT2D eigenvalue weighted by Crippen LogP contribution is 2.07. The molecule has 0 spiro atoms. The summed E-state index contributed by atoms with van der Waals surface area (Å²) in [7, 11) is 5.26. The van der Waals surface area contributed by atoms with Gasteiger partial charge in [0, 0.05) is 65.2 Å². The first-order valence-electron chi connectivity index (χ1n) is 10.4. The minimum atomic E-state index is 0. The third-order valence-corrected chi connectivity index (χ3v) is 4.93. The van der Waals surface area contributed by atoms with Gasteiger partial charge in [0.1, 0.15) is 5.82 Å². The second-order valence-electron chi connectivity index (χ2n) is 7.46. The van der Waals surface area contributed by atoms with Crippen LogP contribution in [0.2, 0.25) is 0 Å². The van der Waals surface area contributed by atoms with Crippen molar-refractivity contribution < 1.29 is 4.79 Å². The van der Waals surface area contributed by atoms with E-state index in [1.807, 2.05) is 42.7 Å². The van der Waals surface area contributed by atoms with Crippen molar-refractivity contribution in [3.05, 3.63) is 89.5 Å². The Morgan fingerprint density at radius 3 is 2.41 bits per heavy atom. The Balaban J connectivity index is 0.00000363. The Kier molecular flexibility index (Phi) is 10.2. The molecule has 0 radical (unpaired) electrons. The zero-order chi connectivity index (χ0) is 22.1. The first-order chi connectivity index (χ1) is 15.1. The fraction of sp³-hybridized carbons (Fsp3) is 0.292. The molecule has 0 unspecified atom stereocenters. The summed E-state index contributed by atoms with van der Waals surface area (Å²) in [5.41, 5.74) is 3.02. The zero-order valence-electron chi connectivity index (χ0n) is 18.8. The van der Waals surface area contributed by atoms with E-state index >= 15 is 0 Å². The molecule has 0 saturated heterocycles. The van der Waals surface area contributed by atoms with E-state index < -0.39 is 0 Å². The predicted octanol–water partition coefficient (Wildman–Crippen LogP) is 3.16. The van der Waals surface area contributed by atoms with Crippen molar-refractivity contribution in [1.29, 1.82) is 0 Å². The molecule has 1 heterocycles. The number of rotatable bonds is 8. The molecule has 32 heavy (non-hydrogen) atoms. The van der Waals surface area contributed by atoms with Crippen molar-refractivity contribution in [1.82, 2.24) is 25.1 Å². The van der Waals surface area contributed by atoms with Crippen molar-refractivity contribution >= 4 is 35.8 Å². The average Bonchev–Trinajstić information content (AvgIpc) is 3.23. The zero-order valence-corrected chi connectivity index (χ0v) is 21.1. The summed E-state index contributed by atoms with van der Waals surface area (Å²) in [6.45, 7) is 2.16. The van der Waals surface area contributed by atoms with Gasteiger partial charge in [-0.15, -0.1) is 24.0 Å². The molecule has 3 aromatic rings. The number of aliphatic imine (C=N–C) groups is 1. The van der Waals surface area contributed by atoms with Crippen LogP contribution in [-0.2, 0) is 19.5 Å². The van der Waals surface area contributed by atoms with Gasteiger partial charge in [-0.2, -0.15) is 0 Å². The van der Waals surface area contributed by atoms with Gasteiger partial charge in [-0.25, -0.2) is 4.98 Å². The molecule has 2 N–H and O–H groups in total. The monoisotopic (exact) mass is 546 g/mol. The molecule has 8 heteroatoms. The maximum absolute atomic E-state index is 12.0. The highest BCUT2D eigenvalue weighted by atomic mass is 127. The van der Waals surface area contributed by atoms with Gasteiger partial charge in [0.2, 0.25) is 0 Å². The van der Waals surface area contributed by atoms with Crippen LogP contribution in [0, 0.1) is 0 Å². The Hall–Kier alpha value is -2.88. The van der Waals surface area contributed by atoms with Crippen LogP contribution >= 0.6 is 24.0 Å². The lowest BCUT2D eigenvalue weighted by Crippen LogP contribution is -2.38. The maximum Gasteiger partial charge on any atom is 0.253 e. The SMILES string of the molecule is CN=C(NCCc1nccn1Cc1ccccc1)NCc1ccc(C(=O)N(C)C)cc1.I. The molecule has 0 bridgehead atoms. The van der Waals surface area contributed by atoms with Crippen molar-refractivity contribution in [2.45, 2.75) is 19.5 Å². The number of amides is 1. The molecule has 170 valence electrons. The summed E-state index contributed by atoms with van der Waals surface area (Å²) in [5.74, 6) is 1.77. The van der Waals surface area contributed by atoms with Crippen LogP contribution < -0.4 is 10.6 Å². The Morgan fingerprint density at radius 1 is 1.03 bits per heavy atom. The molecular formula is C24H31IN6O. The molecule has 0 saturated carbocycles. The van der Waals surface area contributed by atoms with E-state index in [1.54, 1.807) is 26.0 Å². The first kappa shape index (κ1) is 25.4. The number of carbonyl (C=O) groups is 1. The van der Waals surface area contributed by atoms with Crippen LogP contribution in [0.5, 0.6) is 0 Å². The van der Waals surface area contributed by atoms with E-state index in [9.17, 15) is 4.79 Å². The Morgan fingerprint density at radius 2 is 1.75 bits per heavy atom. The summed E-state index contributed by atoms with van der Waals surface area (Å²) >= 11 is 0. The molecular weight excluding hydrogens is 515 g/mol. The van der Waals surface area contributed by atoms with Crippen LogP contribution in [0.3, 0.4) is 0 Å². The lowest BCUT2D eigenvalue weighted by Gasteiger charge is -2.13. The largest absolute Gasteiger partial charge is 0.356 e. The number of aromatic nitrogens is 2. The summed E-state index contributed by atoms with van der Waals surface area (Å²) in [5, 5.41) is 6.65. The fourth-order valence-corrected chi connectivity index (χ4v) is 3.21. The average molecular weight is 546 g/mol. The quantitative estimate of drug-likeness (QED) is 0.259. The summed E-state index contributed by atoms with van der Waals surface area (Å²) in [6.07, 6.45) is 4.65. The predicted molar refractivity (Wildman–Crippen MR) is 140 cm³/mol. The summed E-state index contributed by atoms with van der Waals surface area (Å²) in [6, 6.07) is 18.0. The van der Waals surface area contributed by atoms with Crippen LogP contribution in [0.15, 0.2) is 72.0 Å². The molecule has 1 aromatic heterocycles. The van der Waals surface area contributed by atoms with Crippen LogP contribution in [0.4, 0.5) is 0 Å². The normalized spacial score (nSPS) is 10.9. The smallest absolute Gasteiger partial charge is 0.253 e. The number of imidazole rings is 1. The fourth-order valence-electron chi connectivity index (χ4n) is 3.21. The molecule has 0 aliphatic heterocycles. The lowest BCUT2D eigenvalue weighted by atomic mass is 10.1. The van der Waals surface area contributed by atoms with Gasteiger partial charge in [0.25, 0.3) is 5.91 Å². The van der Waals surface area contributed by atoms with E-state index in [1.165, 1.54) is 5.56 Å². The van der Waals surface area contributed by atoms with Crippen molar-refractivity contribution in [3.8, 4) is 0 Å². The van der Waals surface area contributed by atoms with Gasteiger partial charge in [-0.3, -0.25) is 9.79 Å². The van der Waals surface area contributed by atoms with Gasteiger partial charge < -0.3 is 20.1 Å². The van der Waals surface area contributed by atoms with E-state index in [-0.39, 0.29) is 29.9 Å². The molecule has 2 aromatic carbocycles. The number of nitrogens with one attached hydrogen (secondary N) is 2. The molecule has 0 fully saturated rings. The molecule has 1 amide bonds. The number of guanidine groups is 1. The Bertz CT molecular complexity index is 999. The van der Waals surface area contributed by atoms with E-state index in [4.69, 9.17) is 0 Å². The first-order valence-corrected chi connectivity index (χ1v) is 10.4. The number of nitrogens with zero attached hydrogens (tertiary/aromatic N) is 4. The van der Waals surface area contributed by atoms with Crippen molar-refractivity contribution in [3.63, 3.8) is 0 Å². The highest BCUT2D eigenvalue weighted by molar-refractivity contribution is 14.0. The van der Waals surface area contributed by atoms with Gasteiger partial charge in [-0.05, 0) is 23.3 Å². The van der Waals surface area contributed by atoms with Crippen molar-refractivity contribution in [2.24, 2.45) is 4.99 Å².